The molecule has 0 radical (unpaired) electrons. The fraction of sp³-hybridized carbons (Fsp3) is 0.156. The number of carboxylic acid groups (broad SMARTS) is 1. The molecule has 35 heteroatoms. The van der Waals surface area contributed by atoms with Crippen LogP contribution in [0.5, 0.6) is 0 Å². The molecule has 0 saturated heterocycles. The minimum atomic E-state index is -5.20. The molecule has 0 aromatic heterocycles. The lowest BCUT2D eigenvalue weighted by molar-refractivity contribution is 0.0698. The number of sulfone groups is 2. The number of azo groups is 3. The summed E-state index contributed by atoms with van der Waals surface area (Å²) in [5.74, 6) is -4.21. The van der Waals surface area contributed by atoms with Crippen molar-refractivity contribution in [3.8, 4) is 0 Å². The Morgan fingerprint density at radius 3 is 1.37 bits per heavy atom. The number of aromatic carboxylic acids is 1. The number of anilines is 2. The molecule has 67 heavy (non-hydrogen) atoms. The van der Waals surface area contributed by atoms with Gasteiger partial charge < -0.3 is 20.8 Å². The van der Waals surface area contributed by atoms with Gasteiger partial charge in [0.2, 0.25) is 0 Å². The van der Waals surface area contributed by atoms with E-state index >= 15 is 0 Å². The molecule has 0 saturated carbocycles. The maximum atomic E-state index is 12.8. The van der Waals surface area contributed by atoms with Crippen molar-refractivity contribution in [2.75, 3.05) is 36.2 Å². The fourth-order valence-electron chi connectivity index (χ4n) is 5.13. The van der Waals surface area contributed by atoms with Gasteiger partial charge >= 0.3 is 37.2 Å². The number of hydrogen-bond donors (Lipinski definition) is 7. The number of rotatable bonds is 22. The Kier molecular flexibility index (Phi) is 16.5. The van der Waals surface area contributed by atoms with Crippen LogP contribution in [-0.4, -0.2) is 105 Å². The molecule has 4 rings (SSSR count). The summed E-state index contributed by atoms with van der Waals surface area (Å²) in [5.41, 5.74) is 7.07. The van der Waals surface area contributed by atoms with Crippen LogP contribution in [0.25, 0.3) is 0 Å². The smallest absolute Gasteiger partial charge is 0.446 e. The van der Waals surface area contributed by atoms with E-state index in [0.29, 0.717) is 0 Å². The van der Waals surface area contributed by atoms with Gasteiger partial charge in [0.05, 0.1) is 57.3 Å². The minimum absolute atomic E-state index is 0.0718. The molecule has 4 aromatic rings. The first-order chi connectivity index (χ1) is 30.8. The number of nitrogens with zero attached hydrogens (tertiary/aromatic N) is 6. The van der Waals surface area contributed by atoms with Gasteiger partial charge in [-0.3, -0.25) is 18.2 Å². The Labute approximate surface area is 380 Å². The van der Waals surface area contributed by atoms with Crippen LogP contribution in [0.2, 0.25) is 0 Å². The van der Waals surface area contributed by atoms with Crippen LogP contribution >= 0.6 is 0 Å². The van der Waals surface area contributed by atoms with Crippen LogP contribution in [0.1, 0.15) is 15.9 Å². The van der Waals surface area contributed by atoms with Gasteiger partial charge in [-0.1, -0.05) is 12.6 Å². The first kappa shape index (κ1) is 53.4. The number of hydrogen-bond acceptors (Lipinski definition) is 24. The van der Waals surface area contributed by atoms with E-state index in [9.17, 15) is 65.0 Å². The third kappa shape index (κ3) is 15.7. The molecule has 4 aromatic carbocycles. The topological polar surface area (TPSA) is 477 Å². The van der Waals surface area contributed by atoms with Crippen LogP contribution in [0, 0.1) is 0 Å². The molecule has 0 heterocycles. The van der Waals surface area contributed by atoms with Crippen LogP contribution in [0.15, 0.2) is 124 Å². The van der Waals surface area contributed by atoms with E-state index in [2.05, 4.69) is 49.8 Å². The SMILES string of the molecule is C=C(Cc1ccc(N=Nc2c(N)c(N=Nc3ccc(S(=O)(=O)CCOS(=O)(=O)O)cc3)c(N)c(N=Nc3ccc(S(=O)(=O)CCOS(=O)(=O)O)cc3)c2C(=O)O)c(S(=O)(=O)O)c1)OS(=O)(=O)O. The summed E-state index contributed by atoms with van der Waals surface area (Å²) in [4.78, 5) is 11.1. The number of nitrogen functional groups attached to an aromatic ring is 2. The highest BCUT2D eigenvalue weighted by molar-refractivity contribution is 7.91. The summed E-state index contributed by atoms with van der Waals surface area (Å²) < 4.78 is 189. The van der Waals surface area contributed by atoms with Crippen molar-refractivity contribution in [2.45, 2.75) is 21.1 Å². The summed E-state index contributed by atoms with van der Waals surface area (Å²) in [6.07, 6.45) is -0.536. The molecule has 9 N–H and O–H groups in total. The molecule has 0 aliphatic heterocycles. The largest absolute Gasteiger partial charge is 0.478 e. The highest BCUT2D eigenvalue weighted by Gasteiger charge is 2.28. The van der Waals surface area contributed by atoms with Gasteiger partial charge in [-0.15, -0.1) is 20.5 Å². The molecule has 362 valence electrons. The predicted molar refractivity (Wildman–Crippen MR) is 228 cm³/mol. The summed E-state index contributed by atoms with van der Waals surface area (Å²) in [6.45, 7) is 1.42. The Balaban J connectivity index is 1.85. The molecule has 0 amide bonds. The summed E-state index contributed by atoms with van der Waals surface area (Å²) in [6, 6.07) is 11.2. The highest BCUT2D eigenvalue weighted by Crippen LogP contribution is 2.49. The lowest BCUT2D eigenvalue weighted by atomic mass is 10.1. The third-order valence-electron chi connectivity index (χ3n) is 7.98. The molecular formula is C32H32N8O21S6. The molecule has 29 nitrogen and oxygen atoms in total. The zero-order valence-corrected chi connectivity index (χ0v) is 38.0. The van der Waals surface area contributed by atoms with Gasteiger partial charge in [0.15, 0.2) is 19.7 Å². The molecule has 0 spiro atoms. The Bertz CT molecular complexity index is 3380. The first-order valence-corrected chi connectivity index (χ1v) is 26.2. The van der Waals surface area contributed by atoms with Crippen molar-refractivity contribution in [1.82, 2.24) is 0 Å². The second-order valence-corrected chi connectivity index (χ2v) is 21.6. The van der Waals surface area contributed by atoms with E-state index in [1.165, 1.54) is 0 Å². The molecule has 0 atom stereocenters. The predicted octanol–water partition coefficient (Wildman–Crippen LogP) is 4.10. The number of carboxylic acids is 1. The number of nitrogens with two attached hydrogens (primary N) is 2. The van der Waals surface area contributed by atoms with Crippen LogP contribution < -0.4 is 11.5 Å². The van der Waals surface area contributed by atoms with Crippen molar-refractivity contribution in [3.05, 3.63) is 90.2 Å². The normalized spacial score (nSPS) is 13.1. The lowest BCUT2D eigenvalue weighted by Crippen LogP contribution is -2.15. The van der Waals surface area contributed by atoms with E-state index in [1.54, 1.807) is 0 Å². The van der Waals surface area contributed by atoms with Crippen molar-refractivity contribution in [2.24, 2.45) is 30.7 Å². The van der Waals surface area contributed by atoms with Crippen molar-refractivity contribution < 1.29 is 91.2 Å². The molecule has 0 aliphatic carbocycles. The summed E-state index contributed by atoms with van der Waals surface area (Å²) in [7, 11) is -28.5. The Morgan fingerprint density at radius 1 is 0.567 bits per heavy atom. The maximum Gasteiger partial charge on any atom is 0.446 e. The molecule has 0 fully saturated rings. The van der Waals surface area contributed by atoms with Crippen molar-refractivity contribution >= 4 is 112 Å². The van der Waals surface area contributed by atoms with Crippen molar-refractivity contribution in [3.63, 3.8) is 0 Å². The fourth-order valence-corrected chi connectivity index (χ4v) is 9.13. The van der Waals surface area contributed by atoms with Gasteiger partial charge in [-0.25, -0.2) is 30.0 Å². The minimum Gasteiger partial charge on any atom is -0.478 e. The van der Waals surface area contributed by atoms with Gasteiger partial charge in [-0.05, 0) is 66.2 Å². The number of benzene rings is 4. The average molecular weight is 1060 g/mol. The highest BCUT2D eigenvalue weighted by atomic mass is 32.3. The van der Waals surface area contributed by atoms with E-state index in [1.807, 2.05) is 0 Å². The van der Waals surface area contributed by atoms with E-state index in [-0.39, 0.29) is 26.7 Å². The van der Waals surface area contributed by atoms with E-state index in [0.717, 1.165) is 66.7 Å². The van der Waals surface area contributed by atoms with E-state index < -0.39 is 148 Å². The zero-order chi connectivity index (χ0) is 50.3. The second-order valence-electron chi connectivity index (χ2n) is 12.8. The summed E-state index contributed by atoms with van der Waals surface area (Å²) >= 11 is 0. The lowest BCUT2D eigenvalue weighted by Gasteiger charge is -2.13. The van der Waals surface area contributed by atoms with Gasteiger partial charge in [0.1, 0.15) is 39.0 Å². The quantitative estimate of drug-likeness (QED) is 0.0252. The van der Waals surface area contributed by atoms with Crippen LogP contribution in [0.3, 0.4) is 0 Å². The third-order valence-corrected chi connectivity index (χ3v) is 13.6. The zero-order valence-electron chi connectivity index (χ0n) is 33.1. The van der Waals surface area contributed by atoms with E-state index in [4.69, 9.17) is 25.1 Å². The molecule has 0 unspecified atom stereocenters. The maximum absolute atomic E-state index is 12.8. The Morgan fingerprint density at radius 2 is 0.985 bits per heavy atom. The molecule has 0 bridgehead atoms. The summed E-state index contributed by atoms with van der Waals surface area (Å²) in [5, 5.41) is 33.6. The first-order valence-electron chi connectivity index (χ1n) is 17.3. The van der Waals surface area contributed by atoms with Crippen LogP contribution in [0.4, 0.5) is 45.5 Å². The Hall–Kier alpha value is -6.25. The standard InChI is InChI=1S/C32H32N8O21S6/c1-18(61-67(56,57)58)16-19-2-11-24(25(17-19)64(47,48)49)37-39-30-26(32(41)42)29(38-35-20-3-7-22(8-4-20)62(43,44)14-12-59-65(50,51)52)27(33)31(28(30)34)40-36-21-5-9-23(10-6-21)63(45,46)15-13-60-66(53,54)55/h2-11,17H,1,12-16,33-34H2,(H,41,42)(H,47,48,49)(H,50,51,52)(H,53,54,55)(H,56,57,58). The number of allylic oxidation sites excluding steroid dienone is 1. The van der Waals surface area contributed by atoms with Gasteiger partial charge in [0.25, 0.3) is 10.1 Å². The van der Waals surface area contributed by atoms with Gasteiger partial charge in [0, 0.05) is 6.42 Å². The second kappa shape index (κ2) is 20.7. The van der Waals surface area contributed by atoms with Crippen molar-refractivity contribution in [1.29, 1.82) is 0 Å². The van der Waals surface area contributed by atoms with Crippen LogP contribution in [-0.2, 0) is 80.0 Å². The molecular weight excluding hydrogens is 1020 g/mol. The molecule has 0 aliphatic rings. The monoisotopic (exact) mass is 1060 g/mol. The average Bonchev–Trinajstić information content (AvgIpc) is 3.18. The van der Waals surface area contributed by atoms with Gasteiger partial charge in [-0.2, -0.15) is 43.9 Å². The number of carbonyl (C=O) groups is 1.